The van der Waals surface area contributed by atoms with Gasteiger partial charge >= 0.3 is 6.09 Å². The average Bonchev–Trinajstić information content (AvgIpc) is 2.61. The van der Waals surface area contributed by atoms with E-state index < -0.39 is 5.60 Å². The highest BCUT2D eigenvalue weighted by Gasteiger charge is 2.28. The normalized spacial score (nSPS) is 22.0. The number of rotatable bonds is 2. The first-order valence-corrected chi connectivity index (χ1v) is 10.4. The van der Waals surface area contributed by atoms with E-state index in [9.17, 15) is 4.79 Å². The van der Waals surface area contributed by atoms with Crippen molar-refractivity contribution in [2.75, 3.05) is 30.3 Å². The van der Waals surface area contributed by atoms with E-state index in [0.29, 0.717) is 12.0 Å². The molecule has 1 atom stereocenters. The number of amides is 1. The number of nitrogens with zero attached hydrogens (tertiary/aromatic N) is 2. The van der Waals surface area contributed by atoms with Crippen LogP contribution < -0.4 is 10.6 Å². The van der Waals surface area contributed by atoms with Crippen molar-refractivity contribution < 1.29 is 9.53 Å². The third-order valence-electron chi connectivity index (χ3n) is 5.78. The second kappa shape index (κ2) is 7.99. The molecule has 2 fully saturated rings. The van der Waals surface area contributed by atoms with Crippen LogP contribution in [0, 0.1) is 0 Å². The molecule has 0 bridgehead atoms. The Bertz CT molecular complexity index is 660. The molecule has 2 aliphatic heterocycles. The fourth-order valence-electron chi connectivity index (χ4n) is 4.27. The van der Waals surface area contributed by atoms with E-state index in [1.165, 1.54) is 30.5 Å². The van der Waals surface area contributed by atoms with E-state index in [1.54, 1.807) is 0 Å². The van der Waals surface area contributed by atoms with Gasteiger partial charge in [0.2, 0.25) is 0 Å². The Morgan fingerprint density at radius 3 is 2.41 bits per heavy atom. The van der Waals surface area contributed by atoms with Crippen LogP contribution in [-0.4, -0.2) is 42.3 Å². The molecule has 2 aliphatic rings. The number of carbonyl (C=O) groups excluding carboxylic acids is 1. The summed E-state index contributed by atoms with van der Waals surface area (Å²) in [5.41, 5.74) is 9.36. The Morgan fingerprint density at radius 2 is 1.81 bits per heavy atom. The molecule has 1 unspecified atom stereocenters. The van der Waals surface area contributed by atoms with Crippen molar-refractivity contribution in [2.24, 2.45) is 0 Å². The smallest absolute Gasteiger partial charge is 0.410 e. The quantitative estimate of drug-likeness (QED) is 0.759. The first kappa shape index (κ1) is 19.8. The molecule has 2 heterocycles. The number of benzene rings is 1. The summed E-state index contributed by atoms with van der Waals surface area (Å²) in [4.78, 5) is 16.5. The van der Waals surface area contributed by atoms with Crippen LogP contribution in [-0.2, 0) is 4.74 Å². The summed E-state index contributed by atoms with van der Waals surface area (Å²) in [6.45, 7) is 10.6. The highest BCUT2D eigenvalue weighted by molar-refractivity contribution is 5.70. The molecule has 5 heteroatoms. The van der Waals surface area contributed by atoms with Crippen LogP contribution in [0.1, 0.15) is 71.3 Å². The molecule has 1 aromatic carbocycles. The van der Waals surface area contributed by atoms with Gasteiger partial charge in [0, 0.05) is 25.7 Å². The zero-order valence-corrected chi connectivity index (χ0v) is 17.3. The van der Waals surface area contributed by atoms with E-state index in [1.807, 2.05) is 25.7 Å². The number of hydrogen-bond donors (Lipinski definition) is 1. The lowest BCUT2D eigenvalue weighted by molar-refractivity contribution is 0.0205. The molecular weight excluding hydrogens is 338 g/mol. The van der Waals surface area contributed by atoms with Crippen LogP contribution in [0.2, 0.25) is 0 Å². The summed E-state index contributed by atoms with van der Waals surface area (Å²) in [6.07, 6.45) is 5.51. The highest BCUT2D eigenvalue weighted by Crippen LogP contribution is 2.35. The fourth-order valence-corrected chi connectivity index (χ4v) is 4.27. The standard InChI is InChI=1S/C22H35N3O2/c1-16-7-5-6-12-25(16)20-9-8-18(15-19(20)23)17-10-13-24(14-11-17)21(26)27-22(2,3)4/h8-9,15-17H,5-7,10-14,23H2,1-4H3. The first-order chi connectivity index (χ1) is 12.7. The zero-order chi connectivity index (χ0) is 19.6. The third-order valence-corrected chi connectivity index (χ3v) is 5.78. The molecule has 150 valence electrons. The van der Waals surface area contributed by atoms with E-state index in [2.05, 4.69) is 30.0 Å². The van der Waals surface area contributed by atoms with Gasteiger partial charge in [0.05, 0.1) is 11.4 Å². The first-order valence-electron chi connectivity index (χ1n) is 10.4. The maximum atomic E-state index is 12.2. The molecule has 0 radical (unpaired) electrons. The maximum absolute atomic E-state index is 12.2. The number of ether oxygens (including phenoxy) is 1. The van der Waals surface area contributed by atoms with E-state index in [4.69, 9.17) is 10.5 Å². The Morgan fingerprint density at radius 1 is 1.11 bits per heavy atom. The number of likely N-dealkylation sites (tertiary alicyclic amines) is 1. The summed E-state index contributed by atoms with van der Waals surface area (Å²) in [5.74, 6) is 0.457. The second-order valence-electron chi connectivity index (χ2n) is 9.10. The van der Waals surface area contributed by atoms with Gasteiger partial charge in [0.1, 0.15) is 5.60 Å². The molecule has 0 spiro atoms. The molecule has 0 aliphatic carbocycles. The van der Waals surface area contributed by atoms with Crippen molar-refractivity contribution in [1.82, 2.24) is 4.90 Å². The van der Waals surface area contributed by atoms with Gasteiger partial charge < -0.3 is 20.3 Å². The molecule has 5 nitrogen and oxygen atoms in total. The van der Waals surface area contributed by atoms with E-state index in [-0.39, 0.29) is 6.09 Å². The van der Waals surface area contributed by atoms with Crippen molar-refractivity contribution in [3.8, 4) is 0 Å². The summed E-state index contributed by atoms with van der Waals surface area (Å²) in [6, 6.07) is 7.15. The minimum absolute atomic E-state index is 0.199. The number of piperidine rings is 2. The van der Waals surface area contributed by atoms with Gasteiger partial charge in [-0.15, -0.1) is 0 Å². The van der Waals surface area contributed by atoms with Gasteiger partial charge in [-0.2, -0.15) is 0 Å². The summed E-state index contributed by atoms with van der Waals surface area (Å²) in [5, 5.41) is 0. The molecule has 0 saturated carbocycles. The molecule has 2 N–H and O–H groups in total. The van der Waals surface area contributed by atoms with Gasteiger partial charge in [-0.25, -0.2) is 4.79 Å². The molecule has 27 heavy (non-hydrogen) atoms. The van der Waals surface area contributed by atoms with Crippen molar-refractivity contribution in [3.05, 3.63) is 23.8 Å². The maximum Gasteiger partial charge on any atom is 0.410 e. The van der Waals surface area contributed by atoms with E-state index >= 15 is 0 Å². The molecule has 2 saturated heterocycles. The van der Waals surface area contributed by atoms with Gasteiger partial charge in [0.25, 0.3) is 0 Å². The fraction of sp³-hybridized carbons (Fsp3) is 0.682. The van der Waals surface area contributed by atoms with Crippen molar-refractivity contribution in [1.29, 1.82) is 0 Å². The lowest BCUT2D eigenvalue weighted by Gasteiger charge is -2.37. The molecule has 1 aromatic rings. The molecule has 1 amide bonds. The van der Waals surface area contributed by atoms with Crippen LogP contribution in [0.4, 0.5) is 16.2 Å². The number of carbonyl (C=O) groups is 1. The number of nitrogen functional groups attached to an aromatic ring is 1. The average molecular weight is 374 g/mol. The number of nitrogens with two attached hydrogens (primary N) is 1. The minimum Gasteiger partial charge on any atom is -0.444 e. The Kier molecular flexibility index (Phi) is 5.87. The van der Waals surface area contributed by atoms with Crippen molar-refractivity contribution in [3.63, 3.8) is 0 Å². The Labute approximate surface area is 163 Å². The lowest BCUT2D eigenvalue weighted by atomic mass is 9.89. The van der Waals surface area contributed by atoms with Crippen molar-refractivity contribution in [2.45, 2.75) is 77.4 Å². The summed E-state index contributed by atoms with van der Waals surface area (Å²) < 4.78 is 5.49. The minimum atomic E-state index is -0.441. The van der Waals surface area contributed by atoms with Gasteiger partial charge in [0.15, 0.2) is 0 Å². The van der Waals surface area contributed by atoms with Crippen molar-refractivity contribution >= 4 is 17.5 Å². The number of anilines is 2. The number of hydrogen-bond acceptors (Lipinski definition) is 4. The van der Waals surface area contributed by atoms with Gasteiger partial charge in [-0.05, 0) is 83.4 Å². The monoisotopic (exact) mass is 373 g/mol. The second-order valence-corrected chi connectivity index (χ2v) is 9.10. The van der Waals surface area contributed by atoms with Crippen LogP contribution >= 0.6 is 0 Å². The predicted octanol–water partition coefficient (Wildman–Crippen LogP) is 4.76. The summed E-state index contributed by atoms with van der Waals surface area (Å²) >= 11 is 0. The van der Waals surface area contributed by atoms with Crippen LogP contribution in [0.5, 0.6) is 0 Å². The lowest BCUT2D eigenvalue weighted by Crippen LogP contribution is -2.41. The SMILES string of the molecule is CC1CCCCN1c1ccc(C2CCN(C(=O)OC(C)(C)C)CC2)cc1N. The predicted molar refractivity (Wildman–Crippen MR) is 111 cm³/mol. The van der Waals surface area contributed by atoms with Crippen LogP contribution in [0.25, 0.3) is 0 Å². The Hall–Kier alpha value is -1.91. The highest BCUT2D eigenvalue weighted by atomic mass is 16.6. The van der Waals surface area contributed by atoms with Gasteiger partial charge in [-0.1, -0.05) is 6.07 Å². The molecular formula is C22H35N3O2. The van der Waals surface area contributed by atoms with Crippen LogP contribution in [0.15, 0.2) is 18.2 Å². The van der Waals surface area contributed by atoms with Gasteiger partial charge in [-0.3, -0.25) is 0 Å². The molecule has 0 aromatic heterocycles. The Balaban J connectivity index is 1.61. The largest absolute Gasteiger partial charge is 0.444 e. The van der Waals surface area contributed by atoms with Crippen LogP contribution in [0.3, 0.4) is 0 Å². The third kappa shape index (κ3) is 4.88. The summed E-state index contributed by atoms with van der Waals surface area (Å²) in [7, 11) is 0. The van der Waals surface area contributed by atoms with E-state index in [0.717, 1.165) is 38.2 Å². The topological polar surface area (TPSA) is 58.8 Å². The zero-order valence-electron chi connectivity index (χ0n) is 17.3. The molecule has 3 rings (SSSR count).